The van der Waals surface area contributed by atoms with Crippen LogP contribution in [0.5, 0.6) is 0 Å². The second kappa shape index (κ2) is 6.49. The van der Waals surface area contributed by atoms with Crippen LogP contribution >= 0.6 is 12.4 Å². The molecule has 3 N–H and O–H groups in total. The molecule has 0 bridgehead atoms. The van der Waals surface area contributed by atoms with Crippen molar-refractivity contribution in [3.05, 3.63) is 33.9 Å². The molecule has 0 fully saturated rings. The van der Waals surface area contributed by atoms with Crippen molar-refractivity contribution in [3.8, 4) is 0 Å². The molecule has 0 saturated heterocycles. The van der Waals surface area contributed by atoms with Crippen molar-refractivity contribution in [1.82, 2.24) is 4.72 Å². The number of hydrogen-bond donors (Lipinski definition) is 2. The van der Waals surface area contributed by atoms with E-state index >= 15 is 0 Å². The van der Waals surface area contributed by atoms with Crippen LogP contribution in [0.1, 0.15) is 19.4 Å². The molecule has 0 heterocycles. The molecule has 0 aliphatic carbocycles. The van der Waals surface area contributed by atoms with E-state index in [9.17, 15) is 18.5 Å². The highest BCUT2D eigenvalue weighted by Crippen LogP contribution is 2.25. The molecule has 0 radical (unpaired) electrons. The molecule has 20 heavy (non-hydrogen) atoms. The predicted octanol–water partition coefficient (Wildman–Crippen LogP) is 1.34. The maximum atomic E-state index is 12.2. The van der Waals surface area contributed by atoms with Crippen molar-refractivity contribution in [1.29, 1.82) is 0 Å². The lowest BCUT2D eigenvalue weighted by Gasteiger charge is -2.24. The van der Waals surface area contributed by atoms with Crippen LogP contribution in [0.2, 0.25) is 0 Å². The Balaban J connectivity index is 0.00000361. The minimum atomic E-state index is -3.85. The van der Waals surface area contributed by atoms with E-state index < -0.39 is 20.5 Å². The quantitative estimate of drug-likeness (QED) is 0.626. The summed E-state index contributed by atoms with van der Waals surface area (Å²) in [6, 6.07) is 3.94. The molecule has 1 rings (SSSR count). The number of nitro groups is 1. The van der Waals surface area contributed by atoms with E-state index in [2.05, 4.69) is 4.72 Å². The summed E-state index contributed by atoms with van der Waals surface area (Å²) in [7, 11) is -3.85. The van der Waals surface area contributed by atoms with E-state index in [1.54, 1.807) is 13.8 Å². The van der Waals surface area contributed by atoms with Gasteiger partial charge in [0, 0.05) is 23.7 Å². The largest absolute Gasteiger partial charge is 0.329 e. The summed E-state index contributed by atoms with van der Waals surface area (Å²) in [6.45, 7) is 4.79. The van der Waals surface area contributed by atoms with Crippen molar-refractivity contribution in [2.75, 3.05) is 6.54 Å². The number of nitrogens with zero attached hydrogens (tertiary/aromatic N) is 1. The summed E-state index contributed by atoms with van der Waals surface area (Å²) in [4.78, 5) is 10.1. The second-order valence-corrected chi connectivity index (χ2v) is 6.50. The molecule has 0 spiro atoms. The van der Waals surface area contributed by atoms with Gasteiger partial charge in [-0.1, -0.05) is 6.07 Å². The lowest BCUT2D eigenvalue weighted by molar-refractivity contribution is -0.385. The summed E-state index contributed by atoms with van der Waals surface area (Å²) in [5, 5.41) is 10.8. The van der Waals surface area contributed by atoms with Crippen LogP contribution in [0, 0.1) is 17.0 Å². The first-order valence-electron chi connectivity index (χ1n) is 5.59. The highest BCUT2D eigenvalue weighted by atomic mass is 35.5. The first-order chi connectivity index (χ1) is 8.60. The molecule has 0 atom stereocenters. The zero-order valence-electron chi connectivity index (χ0n) is 11.4. The van der Waals surface area contributed by atoms with E-state index in [-0.39, 0.29) is 35.1 Å². The van der Waals surface area contributed by atoms with Gasteiger partial charge in [0.25, 0.3) is 5.69 Å². The molecule has 1 aromatic carbocycles. The third-order valence-electron chi connectivity index (χ3n) is 2.66. The van der Waals surface area contributed by atoms with Crippen molar-refractivity contribution >= 4 is 28.1 Å². The van der Waals surface area contributed by atoms with Gasteiger partial charge in [-0.05, 0) is 26.8 Å². The highest BCUT2D eigenvalue weighted by molar-refractivity contribution is 7.89. The third kappa shape index (κ3) is 4.14. The van der Waals surface area contributed by atoms with Crippen LogP contribution in [0.4, 0.5) is 5.69 Å². The van der Waals surface area contributed by atoms with Gasteiger partial charge in [0.1, 0.15) is 0 Å². The summed E-state index contributed by atoms with van der Waals surface area (Å²) in [5.41, 5.74) is 4.53. The van der Waals surface area contributed by atoms with Crippen molar-refractivity contribution in [3.63, 3.8) is 0 Å². The fraction of sp³-hybridized carbons (Fsp3) is 0.455. The van der Waals surface area contributed by atoms with Crippen LogP contribution in [-0.2, 0) is 10.0 Å². The van der Waals surface area contributed by atoms with Gasteiger partial charge in [-0.25, -0.2) is 13.1 Å². The first-order valence-corrected chi connectivity index (χ1v) is 7.07. The topological polar surface area (TPSA) is 115 Å². The number of nitro benzene ring substituents is 1. The van der Waals surface area contributed by atoms with Gasteiger partial charge in [0.2, 0.25) is 10.0 Å². The van der Waals surface area contributed by atoms with Crippen LogP contribution in [-0.4, -0.2) is 25.4 Å². The van der Waals surface area contributed by atoms with Gasteiger partial charge in [-0.2, -0.15) is 0 Å². The maximum Gasteiger partial charge on any atom is 0.273 e. The van der Waals surface area contributed by atoms with Crippen LogP contribution in [0.25, 0.3) is 0 Å². The Morgan fingerprint density at radius 1 is 1.40 bits per heavy atom. The second-order valence-electron chi connectivity index (χ2n) is 4.85. The third-order valence-corrected chi connectivity index (χ3v) is 4.51. The average molecular weight is 324 g/mol. The number of hydrogen-bond acceptors (Lipinski definition) is 5. The van der Waals surface area contributed by atoms with Gasteiger partial charge < -0.3 is 5.73 Å². The number of halogens is 1. The molecule has 0 unspecified atom stereocenters. The Morgan fingerprint density at radius 2 is 1.95 bits per heavy atom. The van der Waals surface area contributed by atoms with E-state index in [0.29, 0.717) is 0 Å². The van der Waals surface area contributed by atoms with Crippen molar-refractivity contribution in [2.45, 2.75) is 31.2 Å². The number of sulfonamides is 1. The van der Waals surface area contributed by atoms with Crippen LogP contribution in [0.15, 0.2) is 23.1 Å². The smallest absolute Gasteiger partial charge is 0.273 e. The Morgan fingerprint density at radius 3 is 2.40 bits per heavy atom. The molecule has 0 aliphatic heterocycles. The fourth-order valence-corrected chi connectivity index (χ4v) is 3.24. The molecule has 1 aromatic rings. The van der Waals surface area contributed by atoms with Gasteiger partial charge in [0.05, 0.1) is 9.82 Å². The predicted molar refractivity (Wildman–Crippen MR) is 78.5 cm³/mol. The minimum absolute atomic E-state index is 0. The Labute approximate surface area is 124 Å². The molecule has 9 heteroatoms. The number of rotatable bonds is 5. The van der Waals surface area contributed by atoms with Gasteiger partial charge in [-0.3, -0.25) is 10.1 Å². The average Bonchev–Trinajstić information content (AvgIpc) is 2.27. The summed E-state index contributed by atoms with van der Waals surface area (Å²) in [5.74, 6) is 0. The molecule has 7 nitrogen and oxygen atoms in total. The van der Waals surface area contributed by atoms with Crippen molar-refractivity contribution < 1.29 is 13.3 Å². The zero-order chi connectivity index (χ0) is 14.8. The van der Waals surface area contributed by atoms with Gasteiger partial charge in [0.15, 0.2) is 0 Å². The molecule has 0 saturated carbocycles. The van der Waals surface area contributed by atoms with Crippen LogP contribution < -0.4 is 10.5 Å². The zero-order valence-corrected chi connectivity index (χ0v) is 13.0. The number of nitrogens with two attached hydrogens (primary N) is 1. The van der Waals surface area contributed by atoms with Crippen LogP contribution in [0.3, 0.4) is 0 Å². The standard InChI is InChI=1S/C11H17N3O4S.ClH/c1-8-9(14(15)16)5-4-6-10(8)19(17,18)13-11(2,3)7-12;/h4-6,13H,7,12H2,1-3H3;1H. The first kappa shape index (κ1) is 18.8. The monoisotopic (exact) mass is 323 g/mol. The van der Waals surface area contributed by atoms with Crippen molar-refractivity contribution in [2.24, 2.45) is 5.73 Å². The van der Waals surface area contributed by atoms with E-state index in [1.807, 2.05) is 0 Å². The van der Waals surface area contributed by atoms with Gasteiger partial charge in [-0.15, -0.1) is 12.4 Å². The summed E-state index contributed by atoms with van der Waals surface area (Å²) >= 11 is 0. The van der Waals surface area contributed by atoms with E-state index in [0.717, 1.165) is 0 Å². The van der Waals surface area contributed by atoms with E-state index in [4.69, 9.17) is 5.73 Å². The van der Waals surface area contributed by atoms with E-state index in [1.165, 1.54) is 25.1 Å². The lowest BCUT2D eigenvalue weighted by atomic mass is 10.1. The Kier molecular flexibility index (Phi) is 6.09. The normalized spacial score (nSPS) is 11.8. The maximum absolute atomic E-state index is 12.2. The lowest BCUT2D eigenvalue weighted by Crippen LogP contribution is -2.48. The Bertz CT molecular complexity index is 602. The molecular formula is C11H18ClN3O4S. The number of benzene rings is 1. The molecule has 114 valence electrons. The Hall–Kier alpha value is -1.22. The molecule has 0 aliphatic rings. The number of nitrogens with one attached hydrogen (secondary N) is 1. The summed E-state index contributed by atoms with van der Waals surface area (Å²) in [6.07, 6.45) is 0. The summed E-state index contributed by atoms with van der Waals surface area (Å²) < 4.78 is 26.9. The minimum Gasteiger partial charge on any atom is -0.329 e. The fourth-order valence-electron chi connectivity index (χ4n) is 1.55. The molecule has 0 amide bonds. The molecule has 0 aromatic heterocycles. The molecular weight excluding hydrogens is 306 g/mol. The highest BCUT2D eigenvalue weighted by Gasteiger charge is 2.28. The SMILES string of the molecule is Cc1c([N+](=O)[O-])cccc1S(=O)(=O)NC(C)(C)CN.Cl. The van der Waals surface area contributed by atoms with Gasteiger partial charge >= 0.3 is 0 Å².